The van der Waals surface area contributed by atoms with Gasteiger partial charge in [-0.2, -0.15) is 17.0 Å². The molecule has 6 nitrogen and oxygen atoms in total. The molecule has 0 radical (unpaired) electrons. The van der Waals surface area contributed by atoms with E-state index in [0.29, 0.717) is 25.4 Å². The summed E-state index contributed by atoms with van der Waals surface area (Å²) in [5, 5.41) is 3.25. The summed E-state index contributed by atoms with van der Waals surface area (Å²) in [6.45, 7) is 1.68. The predicted octanol–water partition coefficient (Wildman–Crippen LogP) is 0.870. The molecular formula is C13H22ClN3O3S. The van der Waals surface area contributed by atoms with Crippen molar-refractivity contribution in [2.45, 2.75) is 6.04 Å². The van der Waals surface area contributed by atoms with E-state index >= 15 is 0 Å². The molecule has 8 heteroatoms. The Labute approximate surface area is 132 Å². The fraction of sp³-hybridized carbons (Fsp3) is 0.538. The number of piperazine rings is 1. The first-order chi connectivity index (χ1) is 9.48. The summed E-state index contributed by atoms with van der Waals surface area (Å²) in [6, 6.07) is 7.28. The van der Waals surface area contributed by atoms with Gasteiger partial charge in [0.25, 0.3) is 10.2 Å². The maximum atomic E-state index is 12.5. The number of nitrogens with one attached hydrogen (secondary N) is 1. The average molecular weight is 336 g/mol. The van der Waals surface area contributed by atoms with E-state index < -0.39 is 10.2 Å². The number of para-hydroxylation sites is 1. The van der Waals surface area contributed by atoms with Gasteiger partial charge in [-0.3, -0.25) is 0 Å². The van der Waals surface area contributed by atoms with E-state index in [1.54, 1.807) is 21.2 Å². The molecule has 1 aromatic carbocycles. The monoisotopic (exact) mass is 335 g/mol. The maximum Gasteiger partial charge on any atom is 0.282 e. The maximum absolute atomic E-state index is 12.5. The zero-order chi connectivity index (χ0) is 14.8. The number of nitrogens with zero attached hydrogens (tertiary/aromatic N) is 2. The third-order valence-electron chi connectivity index (χ3n) is 3.45. The minimum absolute atomic E-state index is 0. The topological polar surface area (TPSA) is 61.9 Å². The van der Waals surface area contributed by atoms with Gasteiger partial charge in [-0.25, -0.2) is 0 Å². The highest BCUT2D eigenvalue weighted by Crippen LogP contribution is 2.32. The van der Waals surface area contributed by atoms with E-state index in [1.807, 2.05) is 24.3 Å². The van der Waals surface area contributed by atoms with Gasteiger partial charge in [-0.15, -0.1) is 12.4 Å². The van der Waals surface area contributed by atoms with Crippen molar-refractivity contribution in [3.63, 3.8) is 0 Å². The fourth-order valence-corrected chi connectivity index (χ4v) is 3.63. The Morgan fingerprint density at radius 3 is 2.62 bits per heavy atom. The van der Waals surface area contributed by atoms with Gasteiger partial charge in [0.1, 0.15) is 5.75 Å². The van der Waals surface area contributed by atoms with E-state index in [4.69, 9.17) is 4.74 Å². The van der Waals surface area contributed by atoms with Gasteiger partial charge in [0.2, 0.25) is 0 Å². The van der Waals surface area contributed by atoms with Crippen LogP contribution in [0.1, 0.15) is 11.6 Å². The average Bonchev–Trinajstić information content (AvgIpc) is 2.47. The number of methoxy groups -OCH3 is 1. The van der Waals surface area contributed by atoms with Crippen molar-refractivity contribution in [3.05, 3.63) is 29.8 Å². The Morgan fingerprint density at radius 1 is 1.33 bits per heavy atom. The van der Waals surface area contributed by atoms with Crippen LogP contribution in [0.3, 0.4) is 0 Å². The van der Waals surface area contributed by atoms with Crippen LogP contribution >= 0.6 is 12.4 Å². The Hall–Kier alpha value is -0.860. The molecule has 1 aliphatic heterocycles. The molecule has 0 aromatic heterocycles. The summed E-state index contributed by atoms with van der Waals surface area (Å²) in [6.07, 6.45) is 0. The van der Waals surface area contributed by atoms with Crippen molar-refractivity contribution >= 4 is 22.6 Å². The van der Waals surface area contributed by atoms with Gasteiger partial charge < -0.3 is 10.1 Å². The van der Waals surface area contributed by atoms with E-state index in [2.05, 4.69) is 5.32 Å². The highest BCUT2D eigenvalue weighted by molar-refractivity contribution is 7.86. The summed E-state index contributed by atoms with van der Waals surface area (Å²) >= 11 is 0. The second-order valence-corrected chi connectivity index (χ2v) is 6.96. The molecule has 1 saturated heterocycles. The largest absolute Gasteiger partial charge is 0.496 e. The van der Waals surface area contributed by atoms with Crippen molar-refractivity contribution in [1.82, 2.24) is 13.9 Å². The SMILES string of the molecule is COc1ccccc1C1CNCCN1S(=O)(=O)N(C)C.Cl. The number of benzene rings is 1. The zero-order valence-corrected chi connectivity index (χ0v) is 14.1. The minimum atomic E-state index is -3.45. The van der Waals surface area contributed by atoms with Crippen LogP contribution in [-0.2, 0) is 10.2 Å². The van der Waals surface area contributed by atoms with Gasteiger partial charge in [0, 0.05) is 39.3 Å². The van der Waals surface area contributed by atoms with Crippen molar-refractivity contribution in [3.8, 4) is 5.75 Å². The predicted molar refractivity (Wildman–Crippen MR) is 85.2 cm³/mol. The highest BCUT2D eigenvalue weighted by Gasteiger charge is 2.35. The van der Waals surface area contributed by atoms with E-state index in [0.717, 1.165) is 5.56 Å². The van der Waals surface area contributed by atoms with Gasteiger partial charge in [-0.1, -0.05) is 18.2 Å². The normalized spacial score (nSPS) is 20.1. The Kier molecular flexibility index (Phi) is 6.42. The number of hydrogen-bond donors (Lipinski definition) is 1. The van der Waals surface area contributed by atoms with E-state index in [-0.39, 0.29) is 18.4 Å². The number of hydrogen-bond acceptors (Lipinski definition) is 4. The first kappa shape index (κ1) is 18.2. The zero-order valence-electron chi connectivity index (χ0n) is 12.4. The molecule has 1 fully saturated rings. The molecule has 0 amide bonds. The first-order valence-electron chi connectivity index (χ1n) is 6.51. The molecule has 1 atom stereocenters. The molecule has 0 bridgehead atoms. The Bertz CT molecular complexity index is 566. The van der Waals surface area contributed by atoms with E-state index in [1.165, 1.54) is 8.61 Å². The van der Waals surface area contributed by atoms with Crippen LogP contribution in [0.4, 0.5) is 0 Å². The molecule has 1 aromatic rings. The van der Waals surface area contributed by atoms with Gasteiger partial charge in [-0.05, 0) is 6.07 Å². The summed E-state index contributed by atoms with van der Waals surface area (Å²) < 4.78 is 33.0. The Morgan fingerprint density at radius 2 is 2.00 bits per heavy atom. The molecule has 120 valence electrons. The number of rotatable bonds is 4. The summed E-state index contributed by atoms with van der Waals surface area (Å²) in [5.41, 5.74) is 0.882. The van der Waals surface area contributed by atoms with Crippen molar-refractivity contribution in [2.75, 3.05) is 40.8 Å². The lowest BCUT2D eigenvalue weighted by Crippen LogP contribution is -2.51. The molecule has 2 rings (SSSR count). The van der Waals surface area contributed by atoms with Crippen LogP contribution in [0.15, 0.2) is 24.3 Å². The lowest BCUT2D eigenvalue weighted by molar-refractivity contribution is 0.251. The second kappa shape index (κ2) is 7.42. The van der Waals surface area contributed by atoms with Crippen LogP contribution in [-0.4, -0.2) is 57.9 Å². The molecule has 0 spiro atoms. The smallest absolute Gasteiger partial charge is 0.282 e. The van der Waals surface area contributed by atoms with Gasteiger partial charge in [0.15, 0.2) is 0 Å². The van der Waals surface area contributed by atoms with Crippen LogP contribution in [0, 0.1) is 0 Å². The second-order valence-electron chi connectivity index (χ2n) is 4.86. The molecule has 1 aliphatic rings. The van der Waals surface area contributed by atoms with E-state index in [9.17, 15) is 8.42 Å². The van der Waals surface area contributed by atoms with Crippen LogP contribution in [0.5, 0.6) is 5.75 Å². The lowest BCUT2D eigenvalue weighted by atomic mass is 10.0. The molecule has 1 heterocycles. The third-order valence-corrected chi connectivity index (χ3v) is 5.40. The summed E-state index contributed by atoms with van der Waals surface area (Å²) in [5.74, 6) is 0.708. The quantitative estimate of drug-likeness (QED) is 0.887. The number of ether oxygens (including phenoxy) is 1. The first-order valence-corrected chi connectivity index (χ1v) is 7.91. The highest BCUT2D eigenvalue weighted by atomic mass is 35.5. The minimum Gasteiger partial charge on any atom is -0.496 e. The third kappa shape index (κ3) is 3.67. The molecule has 1 unspecified atom stereocenters. The van der Waals surface area contributed by atoms with Crippen molar-refractivity contribution in [1.29, 1.82) is 0 Å². The summed E-state index contributed by atoms with van der Waals surface area (Å²) in [7, 11) is 1.25. The van der Waals surface area contributed by atoms with Crippen LogP contribution in [0.25, 0.3) is 0 Å². The molecule has 0 aliphatic carbocycles. The van der Waals surface area contributed by atoms with Gasteiger partial charge in [0.05, 0.1) is 13.2 Å². The lowest BCUT2D eigenvalue weighted by Gasteiger charge is -2.37. The van der Waals surface area contributed by atoms with Crippen LogP contribution in [0.2, 0.25) is 0 Å². The van der Waals surface area contributed by atoms with Crippen LogP contribution < -0.4 is 10.1 Å². The molecule has 1 N–H and O–H groups in total. The molecule has 21 heavy (non-hydrogen) atoms. The molecule has 0 saturated carbocycles. The van der Waals surface area contributed by atoms with Crippen molar-refractivity contribution in [2.24, 2.45) is 0 Å². The standard InChI is InChI=1S/C13H21N3O3S.ClH/c1-15(2)20(17,18)16-9-8-14-10-12(16)11-6-4-5-7-13(11)19-3;/h4-7,12,14H,8-10H2,1-3H3;1H. The summed E-state index contributed by atoms with van der Waals surface area (Å²) in [4.78, 5) is 0. The fourth-order valence-electron chi connectivity index (χ4n) is 2.38. The number of halogens is 1. The van der Waals surface area contributed by atoms with Gasteiger partial charge >= 0.3 is 0 Å². The molecular weight excluding hydrogens is 314 g/mol. The van der Waals surface area contributed by atoms with Crippen molar-refractivity contribution < 1.29 is 13.2 Å². The Balaban J connectivity index is 0.00000220.